The molecule has 2 aliphatic rings. The minimum Gasteiger partial charge on any atom is -0.380 e. The van der Waals surface area contributed by atoms with Crippen LogP contribution < -0.4 is 0 Å². The van der Waals surface area contributed by atoms with Gasteiger partial charge in [0.2, 0.25) is 6.10 Å². The standard InChI is InChI=1S/C18H11FN2O5/c19-13-8-4-3-7-12(13)14-9-15(25-20-14)18(24)26-21-16(22)10-5-1-2-6-11(10)17(21)23/h1-8,15H,9H2. The van der Waals surface area contributed by atoms with E-state index >= 15 is 0 Å². The van der Waals surface area contributed by atoms with Gasteiger partial charge in [0.25, 0.3) is 11.8 Å². The Morgan fingerprint density at radius 3 is 2.23 bits per heavy atom. The van der Waals surface area contributed by atoms with Crippen LogP contribution in [0.3, 0.4) is 0 Å². The van der Waals surface area contributed by atoms with Gasteiger partial charge < -0.3 is 9.68 Å². The van der Waals surface area contributed by atoms with Crippen molar-refractivity contribution in [2.45, 2.75) is 12.5 Å². The highest BCUT2D eigenvalue weighted by atomic mass is 19.1. The number of carbonyl (C=O) groups is 3. The van der Waals surface area contributed by atoms with Crippen LogP contribution in [0.4, 0.5) is 4.39 Å². The molecule has 7 nitrogen and oxygen atoms in total. The van der Waals surface area contributed by atoms with E-state index in [1.165, 1.54) is 30.3 Å². The molecule has 0 aromatic heterocycles. The van der Waals surface area contributed by atoms with Crippen molar-refractivity contribution >= 4 is 23.5 Å². The van der Waals surface area contributed by atoms with Crippen molar-refractivity contribution < 1.29 is 28.4 Å². The highest BCUT2D eigenvalue weighted by Crippen LogP contribution is 2.25. The number of hydrogen-bond acceptors (Lipinski definition) is 6. The largest absolute Gasteiger partial charge is 0.380 e. The molecule has 2 aromatic carbocycles. The Labute approximate surface area is 146 Å². The Balaban J connectivity index is 1.45. The van der Waals surface area contributed by atoms with E-state index in [0.29, 0.717) is 5.06 Å². The van der Waals surface area contributed by atoms with Crippen LogP contribution in [0.5, 0.6) is 0 Å². The van der Waals surface area contributed by atoms with E-state index in [9.17, 15) is 18.8 Å². The van der Waals surface area contributed by atoms with Crippen LogP contribution in [-0.4, -0.2) is 34.7 Å². The molecule has 0 spiro atoms. The zero-order chi connectivity index (χ0) is 18.3. The maximum atomic E-state index is 13.8. The molecule has 0 saturated heterocycles. The van der Waals surface area contributed by atoms with Crippen LogP contribution in [0.15, 0.2) is 53.7 Å². The average molecular weight is 354 g/mol. The number of imide groups is 1. The second-order valence-electron chi connectivity index (χ2n) is 5.68. The summed E-state index contributed by atoms with van der Waals surface area (Å²) >= 11 is 0. The lowest BCUT2D eigenvalue weighted by atomic mass is 10.0. The second kappa shape index (κ2) is 6.07. The quantitative estimate of drug-likeness (QED) is 0.788. The highest BCUT2D eigenvalue weighted by Gasteiger charge is 2.41. The lowest BCUT2D eigenvalue weighted by Crippen LogP contribution is -2.37. The summed E-state index contributed by atoms with van der Waals surface area (Å²) in [5.41, 5.74) is 0.762. The van der Waals surface area contributed by atoms with Crippen LogP contribution in [0, 0.1) is 5.82 Å². The van der Waals surface area contributed by atoms with Crippen molar-refractivity contribution in [3.63, 3.8) is 0 Å². The van der Waals surface area contributed by atoms with E-state index in [2.05, 4.69) is 5.16 Å². The molecular formula is C18H11FN2O5. The molecule has 2 aromatic rings. The summed E-state index contributed by atoms with van der Waals surface area (Å²) < 4.78 is 13.8. The Morgan fingerprint density at radius 1 is 1.04 bits per heavy atom. The second-order valence-corrected chi connectivity index (χ2v) is 5.68. The predicted molar refractivity (Wildman–Crippen MR) is 85.5 cm³/mol. The zero-order valence-electron chi connectivity index (χ0n) is 13.2. The maximum absolute atomic E-state index is 13.8. The van der Waals surface area contributed by atoms with E-state index < -0.39 is 29.7 Å². The lowest BCUT2D eigenvalue weighted by Gasteiger charge is -2.14. The predicted octanol–water partition coefficient (Wildman–Crippen LogP) is 2.07. The first-order valence-electron chi connectivity index (χ1n) is 7.73. The number of carbonyl (C=O) groups excluding carboxylic acids is 3. The minimum absolute atomic E-state index is 0.0388. The van der Waals surface area contributed by atoms with E-state index in [1.807, 2.05) is 0 Å². The number of hydroxylamine groups is 2. The third-order valence-electron chi connectivity index (χ3n) is 4.05. The third kappa shape index (κ3) is 2.52. The maximum Gasteiger partial charge on any atom is 0.376 e. The average Bonchev–Trinajstić information content (AvgIpc) is 3.23. The SMILES string of the molecule is O=C(ON1C(=O)c2ccccc2C1=O)C1CC(c2ccccc2F)=NO1. The number of oxime groups is 1. The van der Waals surface area contributed by atoms with Gasteiger partial charge in [0, 0.05) is 12.0 Å². The first-order valence-corrected chi connectivity index (χ1v) is 7.73. The van der Waals surface area contributed by atoms with Gasteiger partial charge in [-0.25, -0.2) is 9.18 Å². The smallest absolute Gasteiger partial charge is 0.376 e. The first kappa shape index (κ1) is 15.9. The number of amides is 2. The Bertz CT molecular complexity index is 937. The van der Waals surface area contributed by atoms with Crippen LogP contribution in [0.2, 0.25) is 0 Å². The molecule has 2 amide bonds. The van der Waals surface area contributed by atoms with Crippen LogP contribution in [0.1, 0.15) is 32.7 Å². The Kier molecular flexibility index (Phi) is 3.72. The fourth-order valence-corrected chi connectivity index (χ4v) is 2.76. The van der Waals surface area contributed by atoms with Crippen LogP contribution in [0.25, 0.3) is 0 Å². The fourth-order valence-electron chi connectivity index (χ4n) is 2.76. The molecule has 8 heteroatoms. The summed E-state index contributed by atoms with van der Waals surface area (Å²) in [5.74, 6) is -2.92. The minimum atomic E-state index is -1.17. The van der Waals surface area contributed by atoms with Gasteiger partial charge in [0.1, 0.15) is 5.82 Å². The first-order chi connectivity index (χ1) is 12.6. The van der Waals surface area contributed by atoms with Gasteiger partial charge in [0.05, 0.1) is 16.8 Å². The van der Waals surface area contributed by atoms with Crippen molar-refractivity contribution in [3.8, 4) is 0 Å². The van der Waals surface area contributed by atoms with Gasteiger partial charge in [-0.05, 0) is 18.2 Å². The van der Waals surface area contributed by atoms with Gasteiger partial charge in [0.15, 0.2) is 0 Å². The molecule has 0 fully saturated rings. The zero-order valence-corrected chi connectivity index (χ0v) is 13.2. The van der Waals surface area contributed by atoms with Crippen LogP contribution >= 0.6 is 0 Å². The third-order valence-corrected chi connectivity index (χ3v) is 4.05. The molecule has 1 unspecified atom stereocenters. The highest BCUT2D eigenvalue weighted by molar-refractivity contribution is 6.21. The van der Waals surface area contributed by atoms with Crippen LogP contribution in [-0.2, 0) is 14.5 Å². The van der Waals surface area contributed by atoms with Gasteiger partial charge >= 0.3 is 5.97 Å². The lowest BCUT2D eigenvalue weighted by molar-refractivity contribution is -0.180. The van der Waals surface area contributed by atoms with Crippen molar-refractivity contribution in [2.24, 2.45) is 5.16 Å². The van der Waals surface area contributed by atoms with E-state index in [0.717, 1.165) is 0 Å². The molecular weight excluding hydrogens is 343 g/mol. The summed E-state index contributed by atoms with van der Waals surface area (Å²) in [4.78, 5) is 46.6. The molecule has 2 heterocycles. The summed E-state index contributed by atoms with van der Waals surface area (Å²) in [7, 11) is 0. The molecule has 2 aliphatic heterocycles. The van der Waals surface area contributed by atoms with Gasteiger partial charge in [-0.3, -0.25) is 9.59 Å². The van der Waals surface area contributed by atoms with E-state index in [1.54, 1.807) is 18.2 Å². The van der Waals surface area contributed by atoms with Gasteiger partial charge in [-0.2, -0.15) is 0 Å². The van der Waals surface area contributed by atoms with Gasteiger partial charge in [-0.1, -0.05) is 40.6 Å². The number of benzene rings is 2. The van der Waals surface area contributed by atoms with Crippen molar-refractivity contribution in [1.29, 1.82) is 0 Å². The molecule has 0 N–H and O–H groups in total. The Morgan fingerprint density at radius 2 is 1.62 bits per heavy atom. The van der Waals surface area contributed by atoms with E-state index in [4.69, 9.17) is 9.68 Å². The molecule has 4 rings (SSSR count). The summed E-state index contributed by atoms with van der Waals surface area (Å²) in [6.07, 6.45) is -1.21. The topological polar surface area (TPSA) is 85.3 Å². The number of rotatable bonds is 3. The van der Waals surface area contributed by atoms with Gasteiger partial charge in [-0.15, -0.1) is 0 Å². The molecule has 0 saturated carbocycles. The van der Waals surface area contributed by atoms with Crippen molar-refractivity contribution in [1.82, 2.24) is 5.06 Å². The molecule has 0 bridgehead atoms. The number of fused-ring (bicyclic) bond motifs is 1. The number of nitrogens with zero attached hydrogens (tertiary/aromatic N) is 2. The summed E-state index contributed by atoms with van der Waals surface area (Å²) in [6.45, 7) is 0. The molecule has 26 heavy (non-hydrogen) atoms. The monoisotopic (exact) mass is 354 g/mol. The molecule has 0 radical (unpaired) electrons. The molecule has 130 valence electrons. The number of halogens is 1. The van der Waals surface area contributed by atoms with Crippen molar-refractivity contribution in [3.05, 3.63) is 71.0 Å². The summed E-state index contributed by atoms with van der Waals surface area (Å²) in [5, 5.41) is 4.11. The fraction of sp³-hybridized carbons (Fsp3) is 0.111. The molecule has 0 aliphatic carbocycles. The van der Waals surface area contributed by atoms with E-state index in [-0.39, 0.29) is 28.8 Å². The Hall–Kier alpha value is -3.55. The normalized spacial score (nSPS) is 18.4. The summed E-state index contributed by atoms with van der Waals surface area (Å²) in [6, 6.07) is 12.1. The molecule has 1 atom stereocenters. The van der Waals surface area contributed by atoms with Crippen molar-refractivity contribution in [2.75, 3.05) is 0 Å². The number of hydrogen-bond donors (Lipinski definition) is 0.